The lowest BCUT2D eigenvalue weighted by atomic mass is 9.97. The first kappa shape index (κ1) is 14.0. The molecule has 0 fully saturated rings. The maximum atomic E-state index is 13.5. The summed E-state index contributed by atoms with van der Waals surface area (Å²) in [5.41, 5.74) is 9.17. The Kier molecular flexibility index (Phi) is 4.56. The number of aryl methyl sites for hydroxylation is 1. The fourth-order valence-corrected chi connectivity index (χ4v) is 2.25. The van der Waals surface area contributed by atoms with E-state index in [1.165, 1.54) is 11.6 Å². The van der Waals surface area contributed by atoms with Crippen molar-refractivity contribution in [3.8, 4) is 0 Å². The number of halogens is 2. The molecule has 0 heterocycles. The number of nitrogens with two attached hydrogens (primary N) is 1. The average molecular weight is 278 g/mol. The van der Waals surface area contributed by atoms with Gasteiger partial charge in [-0.1, -0.05) is 55.3 Å². The van der Waals surface area contributed by atoms with E-state index < -0.39 is 5.82 Å². The zero-order valence-corrected chi connectivity index (χ0v) is 11.6. The zero-order chi connectivity index (χ0) is 13.8. The minimum Gasteiger partial charge on any atom is -0.320 e. The second-order valence-corrected chi connectivity index (χ2v) is 5.05. The van der Waals surface area contributed by atoms with Crippen molar-refractivity contribution in [2.45, 2.75) is 25.8 Å². The van der Waals surface area contributed by atoms with Crippen molar-refractivity contribution in [1.29, 1.82) is 0 Å². The molecule has 2 aromatic rings. The minimum absolute atomic E-state index is 0.121. The molecule has 100 valence electrons. The predicted octanol–water partition coefficient (Wildman–Crippen LogP) is 4.48. The smallest absolute Gasteiger partial charge is 0.142 e. The van der Waals surface area contributed by atoms with Crippen LogP contribution in [0.5, 0.6) is 0 Å². The van der Waals surface area contributed by atoms with Gasteiger partial charge in [-0.15, -0.1) is 0 Å². The van der Waals surface area contributed by atoms with Gasteiger partial charge in [0.25, 0.3) is 0 Å². The standard InChI is InChI=1S/C16H17ClFN/c1-2-4-11-5-3-6-12(9-11)16(19)13-7-8-14(17)15(18)10-13/h3,5-10,16H,2,4,19H2,1H3. The van der Waals surface area contributed by atoms with Gasteiger partial charge in [0.2, 0.25) is 0 Å². The third-order valence-electron chi connectivity index (χ3n) is 3.15. The summed E-state index contributed by atoms with van der Waals surface area (Å²) in [6, 6.07) is 12.5. The van der Waals surface area contributed by atoms with Gasteiger partial charge in [-0.05, 0) is 35.2 Å². The lowest BCUT2D eigenvalue weighted by Gasteiger charge is -2.14. The maximum Gasteiger partial charge on any atom is 0.142 e. The molecule has 0 bridgehead atoms. The molecule has 0 saturated heterocycles. The van der Waals surface area contributed by atoms with Crippen molar-refractivity contribution >= 4 is 11.6 Å². The second-order valence-electron chi connectivity index (χ2n) is 4.65. The summed E-state index contributed by atoms with van der Waals surface area (Å²) in [4.78, 5) is 0. The molecule has 2 aromatic carbocycles. The molecular weight excluding hydrogens is 261 g/mol. The van der Waals surface area contributed by atoms with E-state index in [0.717, 1.165) is 24.0 Å². The van der Waals surface area contributed by atoms with E-state index in [4.69, 9.17) is 17.3 Å². The van der Waals surface area contributed by atoms with Gasteiger partial charge in [0, 0.05) is 0 Å². The van der Waals surface area contributed by atoms with Crippen LogP contribution in [0.15, 0.2) is 42.5 Å². The molecule has 0 amide bonds. The summed E-state index contributed by atoms with van der Waals surface area (Å²) in [6.07, 6.45) is 2.11. The van der Waals surface area contributed by atoms with Crippen LogP contribution in [0.25, 0.3) is 0 Å². The van der Waals surface area contributed by atoms with Crippen LogP contribution in [-0.2, 0) is 6.42 Å². The van der Waals surface area contributed by atoms with Crippen molar-refractivity contribution in [3.63, 3.8) is 0 Å². The molecule has 0 saturated carbocycles. The maximum absolute atomic E-state index is 13.5. The largest absolute Gasteiger partial charge is 0.320 e. The zero-order valence-electron chi connectivity index (χ0n) is 10.9. The highest BCUT2D eigenvalue weighted by molar-refractivity contribution is 6.30. The molecule has 0 spiro atoms. The van der Waals surface area contributed by atoms with Gasteiger partial charge in [-0.3, -0.25) is 0 Å². The lowest BCUT2D eigenvalue weighted by molar-refractivity contribution is 0.624. The van der Waals surface area contributed by atoms with Gasteiger partial charge in [-0.25, -0.2) is 4.39 Å². The third kappa shape index (κ3) is 3.34. The lowest BCUT2D eigenvalue weighted by Crippen LogP contribution is -2.12. The van der Waals surface area contributed by atoms with E-state index in [-0.39, 0.29) is 11.1 Å². The van der Waals surface area contributed by atoms with Gasteiger partial charge in [0.05, 0.1) is 11.1 Å². The van der Waals surface area contributed by atoms with Crippen molar-refractivity contribution in [3.05, 3.63) is 70.0 Å². The van der Waals surface area contributed by atoms with Crippen LogP contribution < -0.4 is 5.73 Å². The predicted molar refractivity (Wildman–Crippen MR) is 77.9 cm³/mol. The normalized spacial score (nSPS) is 12.4. The molecule has 0 radical (unpaired) electrons. The van der Waals surface area contributed by atoms with Gasteiger partial charge in [-0.2, -0.15) is 0 Å². The third-order valence-corrected chi connectivity index (χ3v) is 3.46. The Balaban J connectivity index is 2.29. The molecule has 0 aliphatic heterocycles. The number of rotatable bonds is 4. The Hall–Kier alpha value is -1.38. The highest BCUT2D eigenvalue weighted by atomic mass is 35.5. The Morgan fingerprint density at radius 1 is 1.16 bits per heavy atom. The highest BCUT2D eigenvalue weighted by Crippen LogP contribution is 2.24. The first-order valence-electron chi connectivity index (χ1n) is 6.41. The van der Waals surface area contributed by atoms with Crippen LogP contribution >= 0.6 is 11.6 Å². The summed E-state index contributed by atoms with van der Waals surface area (Å²) >= 11 is 5.68. The molecule has 0 aromatic heterocycles. The van der Waals surface area contributed by atoms with E-state index in [1.54, 1.807) is 12.1 Å². The molecular formula is C16H17ClFN. The van der Waals surface area contributed by atoms with Crippen LogP contribution in [0.1, 0.15) is 36.1 Å². The van der Waals surface area contributed by atoms with E-state index in [9.17, 15) is 4.39 Å². The van der Waals surface area contributed by atoms with Gasteiger partial charge in [0.15, 0.2) is 0 Å². The van der Waals surface area contributed by atoms with Crippen molar-refractivity contribution in [1.82, 2.24) is 0 Å². The average Bonchev–Trinajstić information content (AvgIpc) is 2.42. The van der Waals surface area contributed by atoms with Crippen LogP contribution in [0, 0.1) is 5.82 Å². The van der Waals surface area contributed by atoms with Crippen molar-refractivity contribution < 1.29 is 4.39 Å². The molecule has 2 N–H and O–H groups in total. The highest BCUT2D eigenvalue weighted by Gasteiger charge is 2.11. The van der Waals surface area contributed by atoms with E-state index >= 15 is 0 Å². The minimum atomic E-state index is -0.431. The van der Waals surface area contributed by atoms with Gasteiger partial charge < -0.3 is 5.73 Å². The second kappa shape index (κ2) is 6.18. The Labute approximate surface area is 118 Å². The monoisotopic (exact) mass is 277 g/mol. The molecule has 1 nitrogen and oxygen atoms in total. The number of benzene rings is 2. The van der Waals surface area contributed by atoms with Crippen molar-refractivity contribution in [2.75, 3.05) is 0 Å². The first-order chi connectivity index (χ1) is 9.11. The molecule has 19 heavy (non-hydrogen) atoms. The molecule has 1 atom stereocenters. The van der Waals surface area contributed by atoms with E-state index in [2.05, 4.69) is 19.1 Å². The van der Waals surface area contributed by atoms with Gasteiger partial charge >= 0.3 is 0 Å². The fourth-order valence-electron chi connectivity index (χ4n) is 2.13. The molecule has 1 unspecified atom stereocenters. The Morgan fingerprint density at radius 2 is 1.89 bits per heavy atom. The quantitative estimate of drug-likeness (QED) is 0.876. The summed E-state index contributed by atoms with van der Waals surface area (Å²) < 4.78 is 13.5. The van der Waals surface area contributed by atoms with Crippen LogP contribution in [0.3, 0.4) is 0 Å². The Bertz CT molecular complexity index is 568. The summed E-state index contributed by atoms with van der Waals surface area (Å²) in [5, 5.41) is 0.121. The van der Waals surface area contributed by atoms with E-state index in [1.807, 2.05) is 12.1 Å². The number of hydrogen-bond donors (Lipinski definition) is 1. The summed E-state index contributed by atoms with van der Waals surface area (Å²) in [6.45, 7) is 2.14. The molecule has 3 heteroatoms. The van der Waals surface area contributed by atoms with Crippen molar-refractivity contribution in [2.24, 2.45) is 5.73 Å². The first-order valence-corrected chi connectivity index (χ1v) is 6.79. The van der Waals surface area contributed by atoms with Crippen LogP contribution in [-0.4, -0.2) is 0 Å². The summed E-state index contributed by atoms with van der Waals surface area (Å²) in [7, 11) is 0. The SMILES string of the molecule is CCCc1cccc(C(N)c2ccc(Cl)c(F)c2)c1. The fraction of sp³-hybridized carbons (Fsp3) is 0.250. The number of hydrogen-bond acceptors (Lipinski definition) is 1. The topological polar surface area (TPSA) is 26.0 Å². The van der Waals surface area contributed by atoms with Crippen LogP contribution in [0.2, 0.25) is 5.02 Å². The van der Waals surface area contributed by atoms with Gasteiger partial charge in [0.1, 0.15) is 5.82 Å². The summed E-state index contributed by atoms with van der Waals surface area (Å²) in [5.74, 6) is -0.431. The molecule has 0 aliphatic rings. The van der Waals surface area contributed by atoms with E-state index in [0.29, 0.717) is 0 Å². The molecule has 0 aliphatic carbocycles. The van der Waals surface area contributed by atoms with Crippen LogP contribution in [0.4, 0.5) is 4.39 Å². The molecule has 2 rings (SSSR count). The Morgan fingerprint density at radius 3 is 2.58 bits per heavy atom.